The van der Waals surface area contributed by atoms with Crippen LogP contribution in [-0.4, -0.2) is 73.9 Å². The van der Waals surface area contributed by atoms with Crippen LogP contribution in [0.5, 0.6) is 5.75 Å². The molecule has 1 fully saturated rings. The second kappa shape index (κ2) is 15.0. The topological polar surface area (TPSA) is 155 Å². The van der Waals surface area contributed by atoms with Crippen LogP contribution in [0.2, 0.25) is 18.6 Å². The van der Waals surface area contributed by atoms with Crippen LogP contribution in [0.1, 0.15) is 49.8 Å². The van der Waals surface area contributed by atoms with Crippen molar-refractivity contribution in [1.29, 1.82) is 0 Å². The molecule has 0 aliphatic carbocycles. The van der Waals surface area contributed by atoms with Crippen molar-refractivity contribution < 1.29 is 38.3 Å². The molecule has 3 N–H and O–H groups in total. The van der Waals surface area contributed by atoms with Crippen LogP contribution in [0, 0.1) is 16.0 Å². The average molecular weight is 735 g/mol. The van der Waals surface area contributed by atoms with E-state index in [4.69, 9.17) is 9.47 Å². The van der Waals surface area contributed by atoms with Gasteiger partial charge in [0.2, 0.25) is 14.3 Å². The Bertz CT molecular complexity index is 1820. The predicted octanol–water partition coefficient (Wildman–Crippen LogP) is 5.65. The van der Waals surface area contributed by atoms with Gasteiger partial charge in [-0.2, -0.15) is 0 Å². The molecule has 52 heavy (non-hydrogen) atoms. The normalized spacial score (nSPS) is 24.1. The van der Waals surface area contributed by atoms with Crippen molar-refractivity contribution in [2.24, 2.45) is 5.92 Å². The Morgan fingerprint density at radius 2 is 1.79 bits per heavy atom. The highest BCUT2D eigenvalue weighted by atomic mass is 28.4. The first-order valence-electron chi connectivity index (χ1n) is 18.0. The van der Waals surface area contributed by atoms with Gasteiger partial charge < -0.3 is 34.0 Å². The lowest BCUT2D eigenvalue weighted by Crippen LogP contribution is -2.49. The predicted molar refractivity (Wildman–Crippen MR) is 197 cm³/mol. The summed E-state index contributed by atoms with van der Waals surface area (Å²) >= 11 is 0. The van der Waals surface area contributed by atoms with Crippen molar-refractivity contribution >= 4 is 43.0 Å². The Morgan fingerprint density at radius 3 is 2.44 bits per heavy atom. The molecule has 1 saturated heterocycles. The third-order valence-corrected chi connectivity index (χ3v) is 13.1. The molecule has 3 heterocycles. The van der Waals surface area contributed by atoms with Gasteiger partial charge in [0, 0.05) is 48.1 Å². The fraction of sp³-hybridized carbons (Fsp3) is 0.474. The van der Waals surface area contributed by atoms with Crippen LogP contribution in [0.25, 0.3) is 0 Å². The molecule has 0 bridgehead atoms. The molecule has 3 aliphatic heterocycles. The molecule has 14 heteroatoms. The number of carbonyl (C=O) groups excluding carboxylic acids is 2. The highest BCUT2D eigenvalue weighted by Gasteiger charge is 2.66. The third kappa shape index (κ3) is 6.73. The van der Waals surface area contributed by atoms with E-state index in [2.05, 4.69) is 5.32 Å². The molecule has 278 valence electrons. The smallest absolute Gasteiger partial charge is 0.269 e. The number of halogens is 1. The number of aliphatic hydroxyl groups excluding tert-OH is 2. The Morgan fingerprint density at radius 1 is 1.06 bits per heavy atom. The van der Waals surface area contributed by atoms with Gasteiger partial charge in [-0.05, 0) is 99.8 Å². The number of fused-ring (bicyclic) bond motifs is 3. The summed E-state index contributed by atoms with van der Waals surface area (Å²) in [6.07, 6.45) is 1.26. The summed E-state index contributed by atoms with van der Waals surface area (Å²) in [6.45, 7) is 7.84. The molecule has 0 radical (unpaired) electrons. The number of nitro benzene ring substituents is 1. The van der Waals surface area contributed by atoms with Gasteiger partial charge >= 0.3 is 0 Å². The summed E-state index contributed by atoms with van der Waals surface area (Å²) < 4.78 is 28.1. The lowest BCUT2D eigenvalue weighted by atomic mass is 9.82. The minimum Gasteiger partial charge on any atom is -0.494 e. The van der Waals surface area contributed by atoms with Gasteiger partial charge in [0.25, 0.3) is 11.6 Å². The number of nitrogens with zero attached hydrogens (tertiary/aromatic N) is 3. The zero-order valence-electron chi connectivity index (χ0n) is 30.0. The Labute approximate surface area is 303 Å². The number of anilines is 3. The molecule has 1 unspecified atom stereocenters. The number of benzene rings is 3. The third-order valence-electron chi connectivity index (χ3n) is 10.6. The van der Waals surface area contributed by atoms with Crippen molar-refractivity contribution in [1.82, 2.24) is 5.32 Å². The summed E-state index contributed by atoms with van der Waals surface area (Å²) in [6, 6.07) is 16.8. The van der Waals surface area contributed by atoms with Gasteiger partial charge in [-0.25, -0.2) is 0 Å². The zero-order valence-corrected chi connectivity index (χ0v) is 31.0. The van der Waals surface area contributed by atoms with E-state index < -0.39 is 48.4 Å². The number of amides is 2. The maximum Gasteiger partial charge on any atom is 0.269 e. The molecule has 3 aromatic rings. The van der Waals surface area contributed by atoms with E-state index in [-0.39, 0.29) is 37.8 Å². The number of ether oxygens (including phenoxy) is 2. The Kier molecular flexibility index (Phi) is 10.8. The number of carbonyl (C=O) groups is 2. The van der Waals surface area contributed by atoms with Crippen molar-refractivity contribution in [2.75, 3.05) is 36.2 Å². The second-order valence-corrected chi connectivity index (χ2v) is 18.1. The molecule has 3 aromatic carbocycles. The minimum absolute atomic E-state index is 0.0863. The van der Waals surface area contributed by atoms with Gasteiger partial charge in [0.15, 0.2) is 5.60 Å². The van der Waals surface area contributed by atoms with Crippen molar-refractivity contribution in [3.63, 3.8) is 0 Å². The lowest BCUT2D eigenvalue weighted by molar-refractivity contribution is -0.385. The quantitative estimate of drug-likeness (QED) is 0.0627. The second-order valence-electron chi connectivity index (χ2n) is 14.3. The first-order chi connectivity index (χ1) is 24.8. The SMILES string of the molecule is CCOc1ccc2c(c1)CC(NCCCCO)C(=O)N2c1ccc(CN2C(=O)[C@@]3(O[C@@H](CCO)[C@H]([Si](C)(C)F)[C@H]3C)c3cc([N+](=O)[O-])ccc32)cc1. The fourth-order valence-electron chi connectivity index (χ4n) is 8.36. The molecule has 2 amide bonds. The molecule has 12 nitrogen and oxygen atoms in total. The van der Waals surface area contributed by atoms with Gasteiger partial charge in [0.1, 0.15) is 5.75 Å². The number of rotatable bonds is 14. The van der Waals surface area contributed by atoms with Crippen molar-refractivity contribution in [3.8, 4) is 5.75 Å². The van der Waals surface area contributed by atoms with E-state index in [0.29, 0.717) is 42.9 Å². The van der Waals surface area contributed by atoms with E-state index in [1.807, 2.05) is 49.4 Å². The molecule has 3 aliphatic rings. The van der Waals surface area contributed by atoms with Gasteiger partial charge in [-0.1, -0.05) is 19.1 Å². The van der Waals surface area contributed by atoms with Gasteiger partial charge in [-0.15, -0.1) is 0 Å². The van der Waals surface area contributed by atoms with Crippen LogP contribution in [-0.2, 0) is 32.9 Å². The largest absolute Gasteiger partial charge is 0.494 e. The number of non-ortho nitro benzene ring substituents is 1. The van der Waals surface area contributed by atoms with E-state index in [9.17, 15) is 29.9 Å². The monoisotopic (exact) mass is 734 g/mol. The average Bonchev–Trinajstić information content (AvgIpc) is 3.53. The van der Waals surface area contributed by atoms with Crippen LogP contribution >= 0.6 is 0 Å². The molecule has 0 saturated carbocycles. The maximum absolute atomic E-state index is 15.9. The zero-order chi connectivity index (χ0) is 37.4. The minimum atomic E-state index is -3.44. The molecule has 6 rings (SSSR count). The van der Waals surface area contributed by atoms with Crippen LogP contribution in [0.15, 0.2) is 60.7 Å². The van der Waals surface area contributed by atoms with E-state index in [1.54, 1.807) is 35.9 Å². The number of nitro groups is 1. The highest BCUT2D eigenvalue weighted by molar-refractivity contribution is 6.72. The number of hydrogen-bond donors (Lipinski definition) is 3. The van der Waals surface area contributed by atoms with Crippen LogP contribution in [0.3, 0.4) is 0 Å². The number of aliphatic hydroxyl groups is 2. The summed E-state index contributed by atoms with van der Waals surface area (Å²) in [4.78, 5) is 43.1. The first-order valence-corrected chi connectivity index (χ1v) is 20.9. The number of unbranched alkanes of at least 4 members (excludes halogenated alkanes) is 1. The molecule has 1 spiro atoms. The van der Waals surface area contributed by atoms with Gasteiger partial charge in [-0.3, -0.25) is 24.6 Å². The highest BCUT2D eigenvalue weighted by Crippen LogP contribution is 2.60. The van der Waals surface area contributed by atoms with Crippen molar-refractivity contribution in [3.05, 3.63) is 87.5 Å². The summed E-state index contributed by atoms with van der Waals surface area (Å²) in [5.41, 5.74) is 1.39. The summed E-state index contributed by atoms with van der Waals surface area (Å²) in [7, 11) is -3.44. The summed E-state index contributed by atoms with van der Waals surface area (Å²) in [5.74, 6) is -0.464. The van der Waals surface area contributed by atoms with E-state index >= 15 is 4.11 Å². The molecule has 5 atom stereocenters. The van der Waals surface area contributed by atoms with Gasteiger partial charge in [0.05, 0.1) is 41.6 Å². The molecule has 0 aromatic heterocycles. The Hall–Kier alpha value is -4.21. The number of hydrogen-bond acceptors (Lipinski definition) is 9. The van der Waals surface area contributed by atoms with Crippen molar-refractivity contribution in [2.45, 2.75) is 82.5 Å². The molecular weight excluding hydrogens is 688 g/mol. The van der Waals surface area contributed by atoms with E-state index in [1.165, 1.54) is 12.1 Å². The molecular formula is C38H47FN4O8Si. The van der Waals surface area contributed by atoms with E-state index in [0.717, 1.165) is 29.0 Å². The van der Waals surface area contributed by atoms with Crippen LogP contribution < -0.4 is 19.9 Å². The van der Waals surface area contributed by atoms with Crippen LogP contribution in [0.4, 0.5) is 26.9 Å². The summed E-state index contributed by atoms with van der Waals surface area (Å²) in [5, 5.41) is 34.3. The maximum atomic E-state index is 15.9. The number of nitrogens with one attached hydrogen (secondary N) is 1. The first kappa shape index (κ1) is 37.5. The lowest BCUT2D eigenvalue weighted by Gasteiger charge is -2.35. The Balaban J connectivity index is 1.32. The standard InChI is InChI=1S/C38H47FN4O8Si/c1-5-50-29-13-15-32-26(20-29)21-31(40-17-6-7-18-44)36(46)42(32)27-10-8-25(9-11-27)23-41-33-14-12-28(43(48)49)22-30(33)38(37(41)47)24(2)35(52(3,4)39)34(51-38)16-19-45/h8-15,20,22,24,31,34-35,40,44-45H,5-7,16-19,21,23H2,1-4H3/t24-,31?,34+,35-,38+/m1/s1. The fourth-order valence-corrected chi connectivity index (χ4v) is 10.9.